The Morgan fingerprint density at radius 2 is 1.60 bits per heavy atom. The molecule has 0 heterocycles. The summed E-state index contributed by atoms with van der Waals surface area (Å²) in [5.41, 5.74) is -1.20. The predicted molar refractivity (Wildman–Crippen MR) is 71.6 cm³/mol. The molecule has 0 spiro atoms. The van der Waals surface area contributed by atoms with Gasteiger partial charge in [-0.05, 0) is 13.8 Å². The van der Waals surface area contributed by atoms with Crippen LogP contribution in [0.2, 0.25) is 0 Å². The summed E-state index contributed by atoms with van der Waals surface area (Å²) in [6, 6.07) is -0.557. The van der Waals surface area contributed by atoms with Crippen molar-refractivity contribution >= 4 is 11.7 Å². The second-order valence-corrected chi connectivity index (χ2v) is 5.31. The molecule has 102 valence electrons. The Morgan fingerprint density at radius 1 is 1.15 bits per heavy atom. The Bertz CT molecular complexity index is 365. The van der Waals surface area contributed by atoms with E-state index in [4.69, 9.17) is 6.57 Å². The van der Waals surface area contributed by atoms with Gasteiger partial charge in [0, 0.05) is 5.92 Å². The van der Waals surface area contributed by atoms with E-state index in [1.165, 1.54) is 6.92 Å². The van der Waals surface area contributed by atoms with Gasteiger partial charge in [-0.15, -0.1) is 0 Å². The van der Waals surface area contributed by atoms with E-state index in [9.17, 15) is 9.59 Å². The van der Waals surface area contributed by atoms with Crippen molar-refractivity contribution in [3.63, 3.8) is 0 Å². The van der Waals surface area contributed by atoms with Gasteiger partial charge < -0.3 is 10.2 Å². The van der Waals surface area contributed by atoms with Gasteiger partial charge in [0.05, 0.1) is 6.04 Å². The van der Waals surface area contributed by atoms with Crippen molar-refractivity contribution < 1.29 is 112 Å². The van der Waals surface area contributed by atoms with Crippen molar-refractivity contribution in [1.29, 1.82) is 0 Å². The van der Waals surface area contributed by atoms with Gasteiger partial charge in [0.2, 0.25) is 5.54 Å². The molecule has 0 fully saturated rings. The van der Waals surface area contributed by atoms with Crippen molar-refractivity contribution in [3.8, 4) is 0 Å². The van der Waals surface area contributed by atoms with Gasteiger partial charge in [-0.25, -0.2) is 13.0 Å². The van der Waals surface area contributed by atoms with E-state index in [-0.39, 0.29) is 126 Å². The third kappa shape index (κ3) is 7.95. The van der Waals surface area contributed by atoms with Gasteiger partial charge in [-0.3, -0.25) is 9.59 Å². The molecular formula is C14H23K2N2O2+. The molecule has 4 nitrogen and oxygen atoms in total. The fourth-order valence-electron chi connectivity index (χ4n) is 1.67. The van der Waals surface area contributed by atoms with Crippen LogP contribution in [-0.2, 0) is 9.59 Å². The molecule has 2 atom stereocenters. The zero-order valence-corrected chi connectivity index (χ0v) is 20.3. The van der Waals surface area contributed by atoms with E-state index in [1.807, 2.05) is 27.7 Å². The Labute approximate surface area is 208 Å². The van der Waals surface area contributed by atoms with Crippen molar-refractivity contribution in [2.24, 2.45) is 11.8 Å². The van der Waals surface area contributed by atoms with Crippen molar-refractivity contribution in [2.75, 3.05) is 0 Å². The van der Waals surface area contributed by atoms with E-state index < -0.39 is 11.6 Å². The van der Waals surface area contributed by atoms with E-state index >= 15 is 0 Å². The molecule has 0 aliphatic heterocycles. The molecule has 0 bridgehead atoms. The summed E-state index contributed by atoms with van der Waals surface area (Å²) in [6.07, 6.45) is 1.76. The van der Waals surface area contributed by atoms with Gasteiger partial charge >= 0.3 is 103 Å². The first kappa shape index (κ1) is 26.8. The van der Waals surface area contributed by atoms with Gasteiger partial charge in [0.25, 0.3) is 5.91 Å². The molecule has 6 heteroatoms. The van der Waals surface area contributed by atoms with Gasteiger partial charge in [0.1, 0.15) is 0 Å². The quantitative estimate of drug-likeness (QED) is 0.402. The molecule has 1 amide bonds. The first-order valence-corrected chi connectivity index (χ1v) is 6.23. The van der Waals surface area contributed by atoms with Crippen molar-refractivity contribution in [3.05, 3.63) is 17.8 Å². The van der Waals surface area contributed by atoms with Crippen LogP contribution in [0.4, 0.5) is 0 Å². The maximum atomic E-state index is 12.3. The van der Waals surface area contributed by atoms with Crippen molar-refractivity contribution in [1.82, 2.24) is 5.32 Å². The fraction of sp³-hybridized carbons (Fsp3) is 0.714. The monoisotopic (exact) mass is 329 g/mol. The Balaban J connectivity index is -0.00000144. The van der Waals surface area contributed by atoms with Gasteiger partial charge in [-0.2, -0.15) is 5.92 Å². The van der Waals surface area contributed by atoms with Gasteiger partial charge in [0.15, 0.2) is 5.78 Å². The van der Waals surface area contributed by atoms with Crippen molar-refractivity contribution in [2.45, 2.75) is 53.1 Å². The zero-order valence-electron chi connectivity index (χ0n) is 14.1. The summed E-state index contributed by atoms with van der Waals surface area (Å²) in [5.74, 6) is -0.518. The van der Waals surface area contributed by atoms with E-state index in [0.29, 0.717) is 0 Å². The average Bonchev–Trinajstić information content (AvgIpc) is 2.24. The van der Waals surface area contributed by atoms with Crippen LogP contribution >= 0.6 is 0 Å². The predicted octanol–water partition coefficient (Wildman–Crippen LogP) is -3.74. The van der Waals surface area contributed by atoms with Gasteiger partial charge in [-0.1, -0.05) is 27.7 Å². The summed E-state index contributed by atoms with van der Waals surface area (Å²) in [5, 5.41) is 2.62. The number of ketones is 1. The summed E-state index contributed by atoms with van der Waals surface area (Å²) >= 11 is 0. The second-order valence-electron chi connectivity index (χ2n) is 5.31. The molecule has 2 unspecified atom stereocenters. The normalized spacial score (nSPS) is 14.3. The molecule has 0 aliphatic rings. The Kier molecular flexibility index (Phi) is 16.5. The smallest absolute Gasteiger partial charge is 0.342 e. The van der Waals surface area contributed by atoms with E-state index in [0.717, 1.165) is 0 Å². The third-order valence-electron chi connectivity index (χ3n) is 2.97. The zero-order chi connectivity index (χ0) is 14.5. The van der Waals surface area contributed by atoms with Crippen LogP contribution in [0.3, 0.4) is 0 Å². The SMILES string of the molecule is [C-]#[N+]C([CH-]C(C)C)(C(=O)NC(C)C(C)=O)C(C)C.[K+].[K+]. The molecule has 0 aromatic heterocycles. The van der Waals surface area contributed by atoms with Crippen LogP contribution < -0.4 is 108 Å². The summed E-state index contributed by atoms with van der Waals surface area (Å²) in [4.78, 5) is 27.0. The van der Waals surface area contributed by atoms with E-state index in [2.05, 4.69) is 10.2 Å². The minimum Gasteiger partial charge on any atom is -0.342 e. The number of hydrogen-bond donors (Lipinski definition) is 1. The molecular weight excluding hydrogens is 306 g/mol. The second kappa shape index (κ2) is 12.3. The molecule has 0 rings (SSSR count). The summed E-state index contributed by atoms with van der Waals surface area (Å²) in [6.45, 7) is 18.0. The largest absolute Gasteiger partial charge is 1.00 e. The number of hydrogen-bond acceptors (Lipinski definition) is 2. The maximum Gasteiger partial charge on any atom is 1.00 e. The number of nitrogens with zero attached hydrogens (tertiary/aromatic N) is 1. The van der Waals surface area contributed by atoms with Crippen LogP contribution in [0.5, 0.6) is 0 Å². The van der Waals surface area contributed by atoms with Crippen LogP contribution in [0.1, 0.15) is 41.5 Å². The number of amides is 1. The molecule has 0 aromatic carbocycles. The number of Topliss-reactive ketones (excluding diaryl/α,β-unsaturated/α-hetero) is 1. The number of carbonyl (C=O) groups excluding carboxylic acids is 2. The maximum absolute atomic E-state index is 12.3. The summed E-state index contributed by atoms with van der Waals surface area (Å²) < 4.78 is 0. The molecule has 1 N–H and O–H groups in total. The van der Waals surface area contributed by atoms with Crippen LogP contribution in [0, 0.1) is 24.8 Å². The minimum absolute atomic E-state index is 0. The van der Waals surface area contributed by atoms with E-state index in [1.54, 1.807) is 13.3 Å². The Morgan fingerprint density at radius 3 is 1.85 bits per heavy atom. The molecule has 0 radical (unpaired) electrons. The number of nitrogens with one attached hydrogen (secondary N) is 1. The standard InChI is InChI=1S/C14H23N2O2.2K/c1-9(2)8-14(15-7,10(3)4)13(18)16-11(5)12(6)17;;/h8-11H,1-6H3,(H,16,18);;/q-1;2*+1. The third-order valence-corrected chi connectivity index (χ3v) is 2.97. The first-order chi connectivity index (χ1) is 8.17. The van der Waals surface area contributed by atoms with Crippen LogP contribution in [0.15, 0.2) is 0 Å². The molecule has 20 heavy (non-hydrogen) atoms. The molecule has 0 aromatic rings. The van der Waals surface area contributed by atoms with Crippen LogP contribution in [0.25, 0.3) is 4.85 Å². The summed E-state index contributed by atoms with van der Waals surface area (Å²) in [7, 11) is 0. The molecule has 0 saturated heterocycles. The topological polar surface area (TPSA) is 50.5 Å². The molecule has 0 aliphatic carbocycles. The molecule has 0 saturated carbocycles. The van der Waals surface area contributed by atoms with Crippen LogP contribution in [-0.4, -0.2) is 23.3 Å². The Hall–Kier alpha value is 1.90. The average molecular weight is 330 g/mol. The number of rotatable bonds is 6. The fourth-order valence-corrected chi connectivity index (χ4v) is 1.67. The number of carbonyl (C=O) groups is 2. The first-order valence-electron chi connectivity index (χ1n) is 6.23. The minimum atomic E-state index is -1.20.